The Morgan fingerprint density at radius 3 is 2.43 bits per heavy atom. The monoisotopic (exact) mass is 507 g/mol. The van der Waals surface area contributed by atoms with Gasteiger partial charge in [0.2, 0.25) is 0 Å². The van der Waals surface area contributed by atoms with Crippen molar-refractivity contribution in [3.8, 4) is 0 Å². The average molecular weight is 508 g/mol. The van der Waals surface area contributed by atoms with Crippen LogP contribution in [0.5, 0.6) is 0 Å². The number of ketones is 1. The van der Waals surface area contributed by atoms with Crippen molar-refractivity contribution in [2.75, 3.05) is 0 Å². The third-order valence-corrected chi connectivity index (χ3v) is 8.00. The molecule has 1 aliphatic rings. The van der Waals surface area contributed by atoms with Crippen molar-refractivity contribution >= 4 is 29.2 Å². The van der Waals surface area contributed by atoms with Gasteiger partial charge < -0.3 is 20.1 Å². The summed E-state index contributed by atoms with van der Waals surface area (Å²) in [7, 11) is 0. The number of thiazole rings is 1. The number of aryl methyl sites for hydroxylation is 1. The summed E-state index contributed by atoms with van der Waals surface area (Å²) in [5.74, 6) is -1.88. The Bertz CT molecular complexity index is 949. The summed E-state index contributed by atoms with van der Waals surface area (Å²) >= 11 is 1.53. The number of esters is 1. The predicted molar refractivity (Wildman–Crippen MR) is 138 cm³/mol. The van der Waals surface area contributed by atoms with Crippen LogP contribution >= 0.6 is 11.3 Å². The van der Waals surface area contributed by atoms with E-state index in [1.807, 2.05) is 45.2 Å². The van der Waals surface area contributed by atoms with Gasteiger partial charge in [0.1, 0.15) is 11.9 Å². The molecule has 0 unspecified atom stereocenters. The third kappa shape index (κ3) is 7.81. The number of rotatable bonds is 2. The van der Waals surface area contributed by atoms with Crippen molar-refractivity contribution in [1.82, 2.24) is 4.98 Å². The Morgan fingerprint density at radius 1 is 1.17 bits per heavy atom. The molecule has 0 amide bonds. The molecule has 0 saturated heterocycles. The van der Waals surface area contributed by atoms with E-state index in [0.717, 1.165) is 21.8 Å². The molecule has 0 radical (unpaired) electrons. The highest BCUT2D eigenvalue weighted by atomic mass is 32.1. The maximum atomic E-state index is 13.2. The maximum absolute atomic E-state index is 13.2. The van der Waals surface area contributed by atoms with Gasteiger partial charge >= 0.3 is 5.97 Å². The van der Waals surface area contributed by atoms with Crippen LogP contribution in [0.3, 0.4) is 0 Å². The fraction of sp³-hybridized carbons (Fsp3) is 0.667. The second kappa shape index (κ2) is 12.4. The van der Waals surface area contributed by atoms with E-state index in [2.05, 4.69) is 4.98 Å². The van der Waals surface area contributed by atoms with Crippen molar-refractivity contribution in [2.45, 2.75) is 98.6 Å². The highest BCUT2D eigenvalue weighted by molar-refractivity contribution is 7.09. The molecular weight excluding hydrogens is 466 g/mol. The second-order valence-electron chi connectivity index (χ2n) is 10.5. The van der Waals surface area contributed by atoms with Gasteiger partial charge in [0.15, 0.2) is 0 Å². The van der Waals surface area contributed by atoms with Crippen LogP contribution in [0.1, 0.15) is 77.9 Å². The summed E-state index contributed by atoms with van der Waals surface area (Å²) in [6.45, 7) is 12.3. The lowest BCUT2D eigenvalue weighted by Gasteiger charge is -2.34. The summed E-state index contributed by atoms with van der Waals surface area (Å²) in [4.78, 5) is 30.5. The molecule has 0 aromatic carbocycles. The fourth-order valence-electron chi connectivity index (χ4n) is 4.37. The van der Waals surface area contributed by atoms with Crippen LogP contribution in [0, 0.1) is 24.2 Å². The first-order valence-electron chi connectivity index (χ1n) is 12.3. The van der Waals surface area contributed by atoms with E-state index in [9.17, 15) is 24.9 Å². The molecule has 0 aliphatic carbocycles. The molecule has 0 saturated carbocycles. The molecule has 1 aromatic heterocycles. The van der Waals surface area contributed by atoms with E-state index < -0.39 is 41.7 Å². The first kappa shape index (κ1) is 29.4. The van der Waals surface area contributed by atoms with Gasteiger partial charge in [-0.2, -0.15) is 0 Å². The van der Waals surface area contributed by atoms with Crippen molar-refractivity contribution in [3.63, 3.8) is 0 Å². The molecule has 1 aliphatic heterocycles. The summed E-state index contributed by atoms with van der Waals surface area (Å²) in [5, 5.41) is 35.1. The number of hydrogen-bond donors (Lipinski definition) is 3. The topological polar surface area (TPSA) is 117 Å². The standard InChI is InChI=1S/C27H41NO6S/c1-15-9-11-22(17(3)12-20-14-35-19(5)28-20)34-24(31)13-23(30)27(6,7)26(33)18(4)25(32)16(2)8-10-21(15)29/h9,12,14,16,18,21-23,25,29-30,32H,8,10-11,13H2,1-7H3/b15-9-,17-12+/t16-,18+,21-,22-,23-,25-/m0/s1. The number of hydrogen-bond acceptors (Lipinski definition) is 8. The minimum atomic E-state index is -1.26. The Kier molecular flexibility index (Phi) is 10.4. The molecule has 6 atom stereocenters. The molecule has 0 spiro atoms. The van der Waals surface area contributed by atoms with Gasteiger partial charge in [0.05, 0.1) is 40.8 Å². The van der Waals surface area contributed by atoms with Crippen LogP contribution in [0.2, 0.25) is 0 Å². The molecule has 8 heteroatoms. The van der Waals surface area contributed by atoms with E-state index in [4.69, 9.17) is 4.74 Å². The third-order valence-electron chi connectivity index (χ3n) is 7.21. The van der Waals surface area contributed by atoms with Gasteiger partial charge in [-0.1, -0.05) is 33.8 Å². The second-order valence-corrected chi connectivity index (χ2v) is 11.6. The molecule has 196 valence electrons. The van der Waals surface area contributed by atoms with Gasteiger partial charge in [-0.05, 0) is 56.8 Å². The average Bonchev–Trinajstić information content (AvgIpc) is 3.21. The number of Topliss-reactive ketones (excluding diaryl/α,β-unsaturated/α-hetero) is 1. The van der Waals surface area contributed by atoms with E-state index in [1.165, 1.54) is 11.3 Å². The number of cyclic esters (lactones) is 1. The van der Waals surface area contributed by atoms with E-state index in [-0.39, 0.29) is 18.1 Å². The lowest BCUT2D eigenvalue weighted by Crippen LogP contribution is -2.45. The SMILES string of the molecule is C/C1=C/C[C@@H](/C(C)=C/c2csc(C)n2)OC(=O)C[C@H](O)C(C)(C)C(=O)[C@H](C)[C@@H](O)[C@@H](C)CC[C@@H]1O. The minimum absolute atomic E-state index is 0.221. The molecule has 0 bridgehead atoms. The van der Waals surface area contributed by atoms with Gasteiger partial charge in [-0.15, -0.1) is 11.3 Å². The first-order chi connectivity index (χ1) is 16.2. The molecule has 7 nitrogen and oxygen atoms in total. The lowest BCUT2D eigenvalue weighted by molar-refractivity contribution is -0.154. The van der Waals surface area contributed by atoms with Crippen LogP contribution in [0.25, 0.3) is 6.08 Å². The van der Waals surface area contributed by atoms with Crippen molar-refractivity contribution in [1.29, 1.82) is 0 Å². The number of carbonyl (C=O) groups excluding carboxylic acids is 2. The zero-order valence-electron chi connectivity index (χ0n) is 21.9. The Labute approximate surface area is 212 Å². The summed E-state index contributed by atoms with van der Waals surface area (Å²) in [5.41, 5.74) is 1.08. The molecule has 1 aromatic rings. The predicted octanol–water partition coefficient (Wildman–Crippen LogP) is 4.24. The smallest absolute Gasteiger partial charge is 0.309 e. The highest BCUT2D eigenvalue weighted by Gasteiger charge is 2.42. The van der Waals surface area contributed by atoms with E-state index >= 15 is 0 Å². The Morgan fingerprint density at radius 2 is 1.83 bits per heavy atom. The van der Waals surface area contributed by atoms with Crippen LogP contribution < -0.4 is 0 Å². The quantitative estimate of drug-likeness (QED) is 0.405. The van der Waals surface area contributed by atoms with Crippen LogP contribution in [-0.2, 0) is 14.3 Å². The van der Waals surface area contributed by atoms with Gasteiger partial charge in [-0.25, -0.2) is 4.98 Å². The molecule has 0 fully saturated rings. The number of ether oxygens (including phenoxy) is 1. The van der Waals surface area contributed by atoms with Crippen LogP contribution in [0.4, 0.5) is 0 Å². The normalized spacial score (nSPS) is 33.7. The number of carbonyl (C=O) groups is 2. The largest absolute Gasteiger partial charge is 0.457 e. The summed E-state index contributed by atoms with van der Waals surface area (Å²) in [6, 6.07) is 0. The van der Waals surface area contributed by atoms with Crippen LogP contribution in [-0.4, -0.2) is 56.5 Å². The zero-order valence-corrected chi connectivity index (χ0v) is 22.8. The molecular formula is C27H41NO6S. The Balaban J connectivity index is 2.38. The van der Waals surface area contributed by atoms with Crippen molar-refractivity contribution in [3.05, 3.63) is 33.3 Å². The number of aliphatic hydroxyl groups is 3. The van der Waals surface area contributed by atoms with Gasteiger partial charge in [0.25, 0.3) is 0 Å². The fourth-order valence-corrected chi connectivity index (χ4v) is 4.94. The summed E-state index contributed by atoms with van der Waals surface area (Å²) in [6.07, 6.45) is 1.23. The van der Waals surface area contributed by atoms with Crippen molar-refractivity contribution in [2.24, 2.45) is 17.3 Å². The number of aliphatic hydroxyl groups excluding tert-OH is 3. The molecule has 2 rings (SSSR count). The number of aromatic nitrogens is 1. The number of nitrogens with zero attached hydrogens (tertiary/aromatic N) is 1. The minimum Gasteiger partial charge on any atom is -0.457 e. The zero-order chi connectivity index (χ0) is 26.5. The molecule has 3 N–H and O–H groups in total. The van der Waals surface area contributed by atoms with Crippen molar-refractivity contribution < 1.29 is 29.6 Å². The lowest BCUT2D eigenvalue weighted by atomic mass is 9.73. The van der Waals surface area contributed by atoms with Crippen LogP contribution in [0.15, 0.2) is 22.6 Å². The first-order valence-corrected chi connectivity index (χ1v) is 13.2. The molecule has 2 heterocycles. The van der Waals surface area contributed by atoms with E-state index in [1.54, 1.807) is 20.8 Å². The highest BCUT2D eigenvalue weighted by Crippen LogP contribution is 2.32. The Hall–Kier alpha value is -1.87. The molecule has 35 heavy (non-hydrogen) atoms. The summed E-state index contributed by atoms with van der Waals surface area (Å²) < 4.78 is 5.76. The van der Waals surface area contributed by atoms with E-state index in [0.29, 0.717) is 19.3 Å². The van der Waals surface area contributed by atoms with Gasteiger partial charge in [-0.3, -0.25) is 9.59 Å². The maximum Gasteiger partial charge on any atom is 0.309 e. The van der Waals surface area contributed by atoms with Gasteiger partial charge in [0, 0.05) is 17.7 Å².